The summed E-state index contributed by atoms with van der Waals surface area (Å²) in [5, 5.41) is 3.67. The van der Waals surface area contributed by atoms with Gasteiger partial charge >= 0.3 is 0 Å². The summed E-state index contributed by atoms with van der Waals surface area (Å²) in [5.74, 6) is 0.705. The first-order valence-corrected chi connectivity index (χ1v) is 8.04. The molecule has 1 heterocycles. The third-order valence-electron chi connectivity index (χ3n) is 4.10. The lowest BCUT2D eigenvalue weighted by Crippen LogP contribution is -2.22. The topological polar surface area (TPSA) is 46.9 Å². The molecule has 5 heteroatoms. The second kappa shape index (κ2) is 6.06. The van der Waals surface area contributed by atoms with Crippen molar-refractivity contribution < 1.29 is 4.79 Å². The first kappa shape index (κ1) is 14.4. The fraction of sp³-hybridized carbons (Fsp3) is 0.500. The summed E-state index contributed by atoms with van der Waals surface area (Å²) in [7, 11) is 0. The van der Waals surface area contributed by atoms with Crippen molar-refractivity contribution >= 4 is 34.5 Å². The van der Waals surface area contributed by atoms with Gasteiger partial charge in [-0.1, -0.05) is 24.9 Å². The number of carbonyl (C=O) groups is 1. The molecule has 0 atom stereocenters. The molecule has 1 N–H and O–H groups in total. The van der Waals surface area contributed by atoms with Gasteiger partial charge in [-0.2, -0.15) is 0 Å². The van der Waals surface area contributed by atoms with Crippen molar-refractivity contribution in [3.8, 4) is 0 Å². The van der Waals surface area contributed by atoms with Crippen molar-refractivity contribution in [2.24, 2.45) is 0 Å². The Morgan fingerprint density at radius 2 is 2.29 bits per heavy atom. The molecule has 0 unspecified atom stereocenters. The van der Waals surface area contributed by atoms with E-state index in [0.29, 0.717) is 23.4 Å². The number of benzene rings is 1. The Kier molecular flexibility index (Phi) is 4.15. The highest BCUT2D eigenvalue weighted by molar-refractivity contribution is 6.31. The van der Waals surface area contributed by atoms with Crippen molar-refractivity contribution in [3.05, 3.63) is 23.2 Å². The summed E-state index contributed by atoms with van der Waals surface area (Å²) in [4.78, 5) is 16.6. The molecule has 0 radical (unpaired) electrons. The van der Waals surface area contributed by atoms with E-state index in [9.17, 15) is 4.79 Å². The van der Waals surface area contributed by atoms with Crippen molar-refractivity contribution in [2.75, 3.05) is 5.32 Å². The van der Waals surface area contributed by atoms with Crippen LogP contribution in [0.25, 0.3) is 11.0 Å². The fourth-order valence-corrected chi connectivity index (χ4v) is 2.86. The number of unbranched alkanes of at least 4 members (excludes halogenated alkanes) is 1. The molecule has 1 aliphatic rings. The maximum atomic E-state index is 12.0. The fourth-order valence-electron chi connectivity index (χ4n) is 2.69. The van der Waals surface area contributed by atoms with Crippen LogP contribution in [0.3, 0.4) is 0 Å². The van der Waals surface area contributed by atoms with Gasteiger partial charge in [0.25, 0.3) is 0 Å². The van der Waals surface area contributed by atoms with Gasteiger partial charge in [0.2, 0.25) is 11.9 Å². The summed E-state index contributed by atoms with van der Waals surface area (Å²) in [6.07, 6.45) is 5.97. The highest BCUT2D eigenvalue weighted by atomic mass is 35.5. The van der Waals surface area contributed by atoms with Gasteiger partial charge in [0, 0.05) is 17.5 Å². The maximum absolute atomic E-state index is 12.0. The molecular weight excluding hydrogens is 286 g/mol. The van der Waals surface area contributed by atoms with Crippen LogP contribution >= 0.6 is 11.6 Å². The monoisotopic (exact) mass is 305 g/mol. The molecule has 1 aromatic heterocycles. The Bertz CT molecular complexity index is 661. The largest absolute Gasteiger partial charge is 0.307 e. The standard InChI is InChI=1S/C16H20ClN3O/c1-2-3-7-15(21)19-16-18-13-9-8-11(17)10-14(13)20(16)12-5-4-6-12/h8-10,12H,2-7H2,1H3,(H,18,19,21). The smallest absolute Gasteiger partial charge is 0.226 e. The molecule has 1 aromatic carbocycles. The third kappa shape index (κ3) is 2.91. The van der Waals surface area contributed by atoms with Gasteiger partial charge in [-0.05, 0) is 43.9 Å². The normalized spacial score (nSPS) is 15.1. The van der Waals surface area contributed by atoms with Gasteiger partial charge in [-0.3, -0.25) is 10.1 Å². The lowest BCUT2D eigenvalue weighted by Gasteiger charge is -2.29. The van der Waals surface area contributed by atoms with Gasteiger partial charge in [0.1, 0.15) is 0 Å². The first-order valence-electron chi connectivity index (χ1n) is 7.66. The number of rotatable bonds is 5. The van der Waals surface area contributed by atoms with E-state index in [0.717, 1.165) is 36.7 Å². The number of fused-ring (bicyclic) bond motifs is 1. The van der Waals surface area contributed by atoms with E-state index >= 15 is 0 Å². The molecule has 1 saturated carbocycles. The van der Waals surface area contributed by atoms with Crippen molar-refractivity contribution in [1.29, 1.82) is 0 Å². The second-order valence-electron chi connectivity index (χ2n) is 5.67. The number of imidazole rings is 1. The van der Waals surface area contributed by atoms with Crippen LogP contribution in [0.1, 0.15) is 51.5 Å². The maximum Gasteiger partial charge on any atom is 0.226 e. The number of anilines is 1. The van der Waals surface area contributed by atoms with Gasteiger partial charge in [-0.15, -0.1) is 0 Å². The van der Waals surface area contributed by atoms with Crippen LogP contribution < -0.4 is 5.32 Å². The van der Waals surface area contributed by atoms with E-state index in [1.54, 1.807) is 0 Å². The van der Waals surface area contributed by atoms with E-state index < -0.39 is 0 Å². The van der Waals surface area contributed by atoms with E-state index in [1.165, 1.54) is 6.42 Å². The van der Waals surface area contributed by atoms with Crippen LogP contribution in [0, 0.1) is 0 Å². The number of carbonyl (C=O) groups excluding carboxylic acids is 1. The Morgan fingerprint density at radius 1 is 1.48 bits per heavy atom. The van der Waals surface area contributed by atoms with Crippen molar-refractivity contribution in [1.82, 2.24) is 9.55 Å². The molecule has 112 valence electrons. The number of hydrogen-bond donors (Lipinski definition) is 1. The summed E-state index contributed by atoms with van der Waals surface area (Å²) >= 11 is 6.11. The Hall–Kier alpha value is -1.55. The minimum absolute atomic E-state index is 0.0406. The predicted molar refractivity (Wildman–Crippen MR) is 85.8 cm³/mol. The molecule has 3 rings (SSSR count). The number of halogens is 1. The number of amides is 1. The predicted octanol–water partition coefficient (Wildman–Crippen LogP) is 4.54. The highest BCUT2D eigenvalue weighted by Crippen LogP contribution is 2.37. The van der Waals surface area contributed by atoms with Crippen molar-refractivity contribution in [3.63, 3.8) is 0 Å². The van der Waals surface area contributed by atoms with E-state index in [1.807, 2.05) is 18.2 Å². The van der Waals surface area contributed by atoms with Crippen LogP contribution in [0.4, 0.5) is 5.95 Å². The molecule has 21 heavy (non-hydrogen) atoms. The van der Waals surface area contributed by atoms with Gasteiger partial charge in [-0.25, -0.2) is 4.98 Å². The summed E-state index contributed by atoms with van der Waals surface area (Å²) in [6, 6.07) is 6.11. The molecule has 0 aliphatic heterocycles. The van der Waals surface area contributed by atoms with Crippen molar-refractivity contribution in [2.45, 2.75) is 51.5 Å². The van der Waals surface area contributed by atoms with Crippen LogP contribution in [0.2, 0.25) is 5.02 Å². The number of nitrogens with one attached hydrogen (secondary N) is 1. The lowest BCUT2D eigenvalue weighted by molar-refractivity contribution is -0.116. The van der Waals surface area contributed by atoms with Crippen LogP contribution in [-0.2, 0) is 4.79 Å². The molecule has 0 bridgehead atoms. The van der Waals surface area contributed by atoms with Crippen LogP contribution in [0.5, 0.6) is 0 Å². The first-order chi connectivity index (χ1) is 10.2. The van der Waals surface area contributed by atoms with E-state index in [-0.39, 0.29) is 5.91 Å². The number of aromatic nitrogens is 2. The summed E-state index contributed by atoms with van der Waals surface area (Å²) < 4.78 is 2.15. The summed E-state index contributed by atoms with van der Waals surface area (Å²) in [6.45, 7) is 2.08. The third-order valence-corrected chi connectivity index (χ3v) is 4.34. The molecule has 4 nitrogen and oxygen atoms in total. The molecule has 2 aromatic rings. The zero-order valence-electron chi connectivity index (χ0n) is 12.2. The van der Waals surface area contributed by atoms with Gasteiger partial charge in [0.15, 0.2) is 0 Å². The molecule has 1 fully saturated rings. The SMILES string of the molecule is CCCCC(=O)Nc1nc2ccc(Cl)cc2n1C1CCC1. The summed E-state index contributed by atoms with van der Waals surface area (Å²) in [5.41, 5.74) is 1.90. The Balaban J connectivity index is 1.94. The molecular formula is C16H20ClN3O. The molecule has 1 aliphatic carbocycles. The Labute approximate surface area is 129 Å². The van der Waals surface area contributed by atoms with Crippen LogP contribution in [-0.4, -0.2) is 15.5 Å². The number of hydrogen-bond acceptors (Lipinski definition) is 2. The average molecular weight is 306 g/mol. The van der Waals surface area contributed by atoms with E-state index in [4.69, 9.17) is 11.6 Å². The zero-order valence-corrected chi connectivity index (χ0v) is 13.0. The molecule has 1 amide bonds. The highest BCUT2D eigenvalue weighted by Gasteiger charge is 2.25. The average Bonchev–Trinajstić information content (AvgIpc) is 2.73. The zero-order chi connectivity index (χ0) is 14.8. The van der Waals surface area contributed by atoms with Gasteiger partial charge < -0.3 is 4.57 Å². The Morgan fingerprint density at radius 3 is 2.95 bits per heavy atom. The minimum Gasteiger partial charge on any atom is -0.307 e. The van der Waals surface area contributed by atoms with E-state index in [2.05, 4.69) is 21.8 Å². The second-order valence-corrected chi connectivity index (χ2v) is 6.11. The minimum atomic E-state index is 0.0406. The number of nitrogens with zero attached hydrogens (tertiary/aromatic N) is 2. The quantitative estimate of drug-likeness (QED) is 0.881. The molecule has 0 saturated heterocycles. The lowest BCUT2D eigenvalue weighted by atomic mass is 9.93. The van der Waals surface area contributed by atoms with Crippen LogP contribution in [0.15, 0.2) is 18.2 Å². The molecule has 0 spiro atoms. The van der Waals surface area contributed by atoms with Gasteiger partial charge in [0.05, 0.1) is 11.0 Å².